The van der Waals surface area contributed by atoms with Crippen LogP contribution in [0.15, 0.2) is 12.3 Å². The lowest BCUT2D eigenvalue weighted by Crippen LogP contribution is -2.34. The van der Waals surface area contributed by atoms with Gasteiger partial charge in [0, 0.05) is 26.4 Å². The van der Waals surface area contributed by atoms with Crippen LogP contribution in [0.1, 0.15) is 30.8 Å². The minimum atomic E-state index is -0.174. The first kappa shape index (κ1) is 12.7. The van der Waals surface area contributed by atoms with Gasteiger partial charge >= 0.3 is 0 Å². The first-order chi connectivity index (χ1) is 7.44. The number of rotatable bonds is 5. The molecule has 1 heterocycles. The van der Waals surface area contributed by atoms with Crippen LogP contribution < -0.4 is 5.32 Å². The van der Waals surface area contributed by atoms with Gasteiger partial charge in [-0.3, -0.25) is 9.48 Å². The highest BCUT2D eigenvalue weighted by molar-refractivity contribution is 5.92. The molecule has 0 aliphatic rings. The number of hydrogen-bond acceptors (Lipinski definition) is 3. The van der Waals surface area contributed by atoms with Crippen molar-refractivity contribution >= 4 is 5.91 Å². The van der Waals surface area contributed by atoms with Gasteiger partial charge in [-0.25, -0.2) is 0 Å². The molecule has 0 saturated heterocycles. The molecule has 0 radical (unpaired) electrons. The molecule has 90 valence electrons. The summed E-state index contributed by atoms with van der Waals surface area (Å²) in [6.45, 7) is 4.67. The van der Waals surface area contributed by atoms with Crippen LogP contribution >= 0.6 is 0 Å². The lowest BCUT2D eigenvalue weighted by molar-refractivity contribution is 0.0922. The first-order valence-corrected chi connectivity index (χ1v) is 5.33. The minimum Gasteiger partial charge on any atom is -0.396 e. The second-order valence-corrected chi connectivity index (χ2v) is 4.70. The van der Waals surface area contributed by atoms with E-state index in [1.165, 1.54) is 0 Å². The van der Waals surface area contributed by atoms with Crippen LogP contribution in [-0.4, -0.2) is 33.9 Å². The number of nitrogens with zero attached hydrogens (tertiary/aromatic N) is 2. The standard InChI is InChI=1S/C11H19N3O2/c1-11(2,5-7-15)8-12-10(16)9-4-6-14(3)13-9/h4,6,15H,5,7-8H2,1-3H3,(H,12,16). The highest BCUT2D eigenvalue weighted by atomic mass is 16.3. The number of carbonyl (C=O) groups excluding carboxylic acids is 1. The summed E-state index contributed by atoms with van der Waals surface area (Å²) in [5, 5.41) is 15.7. The summed E-state index contributed by atoms with van der Waals surface area (Å²) in [6.07, 6.45) is 2.39. The molecule has 5 nitrogen and oxygen atoms in total. The van der Waals surface area contributed by atoms with E-state index < -0.39 is 0 Å². The van der Waals surface area contributed by atoms with E-state index in [1.54, 1.807) is 24.0 Å². The van der Waals surface area contributed by atoms with Gasteiger partial charge in [0.1, 0.15) is 5.69 Å². The maximum absolute atomic E-state index is 11.7. The number of aliphatic hydroxyl groups excluding tert-OH is 1. The molecule has 0 bridgehead atoms. The average molecular weight is 225 g/mol. The number of hydrogen-bond donors (Lipinski definition) is 2. The topological polar surface area (TPSA) is 67.2 Å². The van der Waals surface area contributed by atoms with E-state index in [9.17, 15) is 4.79 Å². The van der Waals surface area contributed by atoms with Gasteiger partial charge in [-0.05, 0) is 17.9 Å². The smallest absolute Gasteiger partial charge is 0.271 e. The summed E-state index contributed by atoms with van der Waals surface area (Å²) in [4.78, 5) is 11.7. The molecule has 2 N–H and O–H groups in total. The van der Waals surface area contributed by atoms with E-state index in [0.717, 1.165) is 0 Å². The van der Waals surface area contributed by atoms with Crippen molar-refractivity contribution in [1.82, 2.24) is 15.1 Å². The van der Waals surface area contributed by atoms with E-state index >= 15 is 0 Å². The van der Waals surface area contributed by atoms with E-state index in [0.29, 0.717) is 18.7 Å². The monoisotopic (exact) mass is 225 g/mol. The van der Waals surface area contributed by atoms with Crippen molar-refractivity contribution < 1.29 is 9.90 Å². The molecule has 1 amide bonds. The third-order valence-electron chi connectivity index (χ3n) is 2.46. The van der Waals surface area contributed by atoms with E-state index in [-0.39, 0.29) is 17.9 Å². The molecular formula is C11H19N3O2. The number of amides is 1. The van der Waals surface area contributed by atoms with Crippen LogP contribution in [-0.2, 0) is 7.05 Å². The molecule has 1 rings (SSSR count). The Morgan fingerprint density at radius 2 is 2.31 bits per heavy atom. The van der Waals surface area contributed by atoms with Gasteiger partial charge in [0.15, 0.2) is 0 Å². The number of aromatic nitrogens is 2. The highest BCUT2D eigenvalue weighted by Crippen LogP contribution is 2.17. The summed E-state index contributed by atoms with van der Waals surface area (Å²) < 4.78 is 1.59. The second-order valence-electron chi connectivity index (χ2n) is 4.70. The van der Waals surface area contributed by atoms with Crippen LogP contribution in [0.25, 0.3) is 0 Å². The zero-order valence-corrected chi connectivity index (χ0v) is 10.0. The summed E-state index contributed by atoms with van der Waals surface area (Å²) in [5.74, 6) is -0.174. The van der Waals surface area contributed by atoms with Crippen molar-refractivity contribution in [3.63, 3.8) is 0 Å². The molecule has 0 spiro atoms. The van der Waals surface area contributed by atoms with Crippen LogP contribution in [0.3, 0.4) is 0 Å². The zero-order valence-electron chi connectivity index (χ0n) is 10.0. The number of aryl methyl sites for hydroxylation is 1. The predicted octanol–water partition coefficient (Wildman–Crippen LogP) is 0.558. The molecular weight excluding hydrogens is 206 g/mol. The molecule has 1 aromatic rings. The number of nitrogens with one attached hydrogen (secondary N) is 1. The van der Waals surface area contributed by atoms with Gasteiger partial charge in [0.2, 0.25) is 0 Å². The fourth-order valence-corrected chi connectivity index (χ4v) is 1.34. The van der Waals surface area contributed by atoms with Crippen molar-refractivity contribution in [2.75, 3.05) is 13.2 Å². The van der Waals surface area contributed by atoms with Gasteiger partial charge in [0.25, 0.3) is 5.91 Å². The second kappa shape index (κ2) is 5.12. The third-order valence-corrected chi connectivity index (χ3v) is 2.46. The van der Waals surface area contributed by atoms with Gasteiger partial charge in [-0.15, -0.1) is 0 Å². The van der Waals surface area contributed by atoms with E-state index in [4.69, 9.17) is 5.11 Å². The van der Waals surface area contributed by atoms with Crippen molar-refractivity contribution in [2.45, 2.75) is 20.3 Å². The van der Waals surface area contributed by atoms with Crippen LogP contribution in [0.2, 0.25) is 0 Å². The van der Waals surface area contributed by atoms with Gasteiger partial charge in [0.05, 0.1) is 0 Å². The van der Waals surface area contributed by atoms with E-state index in [1.807, 2.05) is 13.8 Å². The number of aliphatic hydroxyl groups is 1. The molecule has 5 heteroatoms. The predicted molar refractivity (Wildman–Crippen MR) is 61.0 cm³/mol. The molecule has 0 aliphatic carbocycles. The molecule has 0 atom stereocenters. The Morgan fingerprint density at radius 1 is 1.62 bits per heavy atom. The Labute approximate surface area is 95.5 Å². The molecule has 0 fully saturated rings. The number of carbonyl (C=O) groups is 1. The Morgan fingerprint density at radius 3 is 2.81 bits per heavy atom. The van der Waals surface area contributed by atoms with Crippen molar-refractivity contribution in [3.05, 3.63) is 18.0 Å². The Hall–Kier alpha value is -1.36. The largest absolute Gasteiger partial charge is 0.396 e. The average Bonchev–Trinajstić information content (AvgIpc) is 2.61. The molecule has 0 aromatic carbocycles. The molecule has 0 unspecified atom stereocenters. The van der Waals surface area contributed by atoms with Crippen molar-refractivity contribution in [2.24, 2.45) is 12.5 Å². The van der Waals surface area contributed by atoms with Gasteiger partial charge in [-0.1, -0.05) is 13.8 Å². The van der Waals surface area contributed by atoms with Crippen LogP contribution in [0.5, 0.6) is 0 Å². The lowest BCUT2D eigenvalue weighted by Gasteiger charge is -2.23. The fourth-order valence-electron chi connectivity index (χ4n) is 1.34. The Bertz CT molecular complexity index is 358. The van der Waals surface area contributed by atoms with Gasteiger partial charge < -0.3 is 10.4 Å². The summed E-state index contributed by atoms with van der Waals surface area (Å²) in [7, 11) is 1.77. The third kappa shape index (κ3) is 3.66. The molecule has 16 heavy (non-hydrogen) atoms. The summed E-state index contributed by atoms with van der Waals surface area (Å²) in [5.41, 5.74) is 0.321. The Balaban J connectivity index is 2.47. The SMILES string of the molecule is Cn1ccc(C(=O)NCC(C)(C)CCO)n1. The summed E-state index contributed by atoms with van der Waals surface area (Å²) in [6, 6.07) is 1.67. The molecule has 0 saturated carbocycles. The quantitative estimate of drug-likeness (QED) is 0.769. The zero-order chi connectivity index (χ0) is 12.2. The fraction of sp³-hybridized carbons (Fsp3) is 0.636. The van der Waals surface area contributed by atoms with E-state index in [2.05, 4.69) is 10.4 Å². The first-order valence-electron chi connectivity index (χ1n) is 5.33. The highest BCUT2D eigenvalue weighted by Gasteiger charge is 2.19. The van der Waals surface area contributed by atoms with Crippen LogP contribution in [0, 0.1) is 5.41 Å². The normalized spacial score (nSPS) is 11.5. The van der Waals surface area contributed by atoms with Crippen LogP contribution in [0.4, 0.5) is 0 Å². The van der Waals surface area contributed by atoms with Crippen molar-refractivity contribution in [3.8, 4) is 0 Å². The Kier molecular flexibility index (Phi) is 4.06. The maximum atomic E-state index is 11.7. The lowest BCUT2D eigenvalue weighted by atomic mass is 9.90. The molecule has 1 aromatic heterocycles. The molecule has 0 aliphatic heterocycles. The maximum Gasteiger partial charge on any atom is 0.271 e. The summed E-state index contributed by atoms with van der Waals surface area (Å²) >= 11 is 0. The van der Waals surface area contributed by atoms with Gasteiger partial charge in [-0.2, -0.15) is 5.10 Å². The minimum absolute atomic E-state index is 0.0980. The van der Waals surface area contributed by atoms with Crippen molar-refractivity contribution in [1.29, 1.82) is 0 Å².